The van der Waals surface area contributed by atoms with Gasteiger partial charge in [0.05, 0.1) is 5.69 Å². The first-order chi connectivity index (χ1) is 9.63. The maximum atomic E-state index is 11.2. The van der Waals surface area contributed by atoms with Crippen molar-refractivity contribution in [1.82, 2.24) is 19.9 Å². The molecule has 6 nitrogen and oxygen atoms in total. The van der Waals surface area contributed by atoms with Crippen molar-refractivity contribution in [3.8, 4) is 0 Å². The van der Waals surface area contributed by atoms with Gasteiger partial charge in [0, 0.05) is 31.4 Å². The first-order valence-corrected chi connectivity index (χ1v) is 7.01. The minimum Gasteiger partial charge on any atom is -0.364 e. The van der Waals surface area contributed by atoms with Crippen LogP contribution in [0.1, 0.15) is 38.3 Å². The maximum Gasteiger partial charge on any atom is 0.220 e. The molecule has 0 saturated carbocycles. The molecule has 1 amide bonds. The molecule has 2 aromatic rings. The van der Waals surface area contributed by atoms with Crippen LogP contribution < -0.4 is 10.6 Å². The summed E-state index contributed by atoms with van der Waals surface area (Å²) < 4.78 is 1.85. The molecule has 1 aliphatic rings. The van der Waals surface area contributed by atoms with Crippen molar-refractivity contribution in [1.29, 1.82) is 0 Å². The van der Waals surface area contributed by atoms with Gasteiger partial charge in [0.25, 0.3) is 0 Å². The number of carbonyl (C=O) groups is 1. The highest BCUT2D eigenvalue weighted by atomic mass is 16.1. The molecule has 20 heavy (non-hydrogen) atoms. The van der Waals surface area contributed by atoms with Gasteiger partial charge in [0.2, 0.25) is 5.91 Å². The van der Waals surface area contributed by atoms with E-state index in [-0.39, 0.29) is 11.9 Å². The number of piperidine rings is 1. The highest BCUT2D eigenvalue weighted by molar-refractivity contribution is 5.77. The van der Waals surface area contributed by atoms with Crippen LogP contribution in [0, 0.1) is 0 Å². The predicted molar refractivity (Wildman–Crippen MR) is 76.7 cm³/mol. The molecule has 1 atom stereocenters. The van der Waals surface area contributed by atoms with E-state index in [9.17, 15) is 4.79 Å². The van der Waals surface area contributed by atoms with Crippen molar-refractivity contribution in [3.05, 3.63) is 24.2 Å². The SMILES string of the molecule is CC(C)c1cc2c(NC3CCC(=O)NC3)nccn2n1. The molecule has 0 radical (unpaired) electrons. The summed E-state index contributed by atoms with van der Waals surface area (Å²) in [5.41, 5.74) is 2.03. The Bertz CT molecular complexity index is 624. The van der Waals surface area contributed by atoms with Crippen LogP contribution in [0.15, 0.2) is 18.5 Å². The van der Waals surface area contributed by atoms with Gasteiger partial charge in [-0.25, -0.2) is 9.50 Å². The molecule has 0 spiro atoms. The third-order valence-electron chi connectivity index (χ3n) is 3.61. The first kappa shape index (κ1) is 12.9. The molecule has 2 aromatic heterocycles. The second-order valence-corrected chi connectivity index (χ2v) is 5.51. The van der Waals surface area contributed by atoms with E-state index in [0.29, 0.717) is 18.9 Å². The zero-order valence-corrected chi connectivity index (χ0v) is 11.8. The van der Waals surface area contributed by atoms with Crippen LogP contribution in [0.5, 0.6) is 0 Å². The smallest absolute Gasteiger partial charge is 0.220 e. The molecule has 0 aromatic carbocycles. The van der Waals surface area contributed by atoms with E-state index in [1.807, 2.05) is 10.7 Å². The van der Waals surface area contributed by atoms with Gasteiger partial charge < -0.3 is 10.6 Å². The zero-order chi connectivity index (χ0) is 14.1. The number of fused-ring (bicyclic) bond motifs is 1. The van der Waals surface area contributed by atoms with Gasteiger partial charge in [0.1, 0.15) is 5.52 Å². The van der Waals surface area contributed by atoms with Gasteiger partial charge in [-0.15, -0.1) is 0 Å². The van der Waals surface area contributed by atoms with E-state index in [4.69, 9.17) is 0 Å². The molecule has 0 bridgehead atoms. The quantitative estimate of drug-likeness (QED) is 0.890. The minimum absolute atomic E-state index is 0.126. The summed E-state index contributed by atoms with van der Waals surface area (Å²) in [7, 11) is 0. The topological polar surface area (TPSA) is 71.3 Å². The standard InChI is InChI=1S/C14H19N5O/c1-9(2)11-7-12-14(15-5-6-19(12)18-11)17-10-3-4-13(20)16-8-10/h5-7,9-10H,3-4,8H2,1-2H3,(H,15,17)(H,16,20). The van der Waals surface area contributed by atoms with Crippen molar-refractivity contribution in [3.63, 3.8) is 0 Å². The Labute approximate surface area is 117 Å². The fourth-order valence-corrected chi connectivity index (χ4v) is 2.38. The summed E-state index contributed by atoms with van der Waals surface area (Å²) in [6, 6.07) is 2.30. The molecule has 1 unspecified atom stereocenters. The summed E-state index contributed by atoms with van der Waals surface area (Å²) in [5.74, 6) is 1.34. The highest BCUT2D eigenvalue weighted by Gasteiger charge is 2.19. The maximum absolute atomic E-state index is 11.2. The lowest BCUT2D eigenvalue weighted by molar-refractivity contribution is -0.122. The lowest BCUT2D eigenvalue weighted by atomic mass is 10.1. The Kier molecular flexibility index (Phi) is 3.30. The molecule has 1 fully saturated rings. The fraction of sp³-hybridized carbons (Fsp3) is 0.500. The molecule has 3 rings (SSSR count). The first-order valence-electron chi connectivity index (χ1n) is 7.01. The van der Waals surface area contributed by atoms with Gasteiger partial charge in [0.15, 0.2) is 5.82 Å². The van der Waals surface area contributed by atoms with Crippen molar-refractivity contribution in [2.45, 2.75) is 38.6 Å². The van der Waals surface area contributed by atoms with Gasteiger partial charge in [-0.2, -0.15) is 5.10 Å². The number of anilines is 1. The van der Waals surface area contributed by atoms with Crippen molar-refractivity contribution in [2.24, 2.45) is 0 Å². The van der Waals surface area contributed by atoms with Gasteiger partial charge >= 0.3 is 0 Å². The van der Waals surface area contributed by atoms with Crippen LogP contribution in [-0.4, -0.2) is 33.1 Å². The molecular formula is C14H19N5O. The van der Waals surface area contributed by atoms with E-state index in [0.717, 1.165) is 23.4 Å². The number of amides is 1. The lowest BCUT2D eigenvalue weighted by Gasteiger charge is -2.24. The number of rotatable bonds is 3. The third kappa shape index (κ3) is 2.45. The Morgan fingerprint density at radius 1 is 1.50 bits per heavy atom. The molecule has 2 N–H and O–H groups in total. The normalized spacial score (nSPS) is 19.4. The number of nitrogens with one attached hydrogen (secondary N) is 2. The van der Waals surface area contributed by atoms with Gasteiger partial charge in [-0.05, 0) is 18.4 Å². The summed E-state index contributed by atoms with van der Waals surface area (Å²) in [4.78, 5) is 15.6. The van der Waals surface area contributed by atoms with Gasteiger partial charge in [-0.3, -0.25) is 4.79 Å². The molecule has 106 valence electrons. The Hall–Kier alpha value is -2.11. The Balaban J connectivity index is 1.85. The molecular weight excluding hydrogens is 254 g/mol. The molecule has 1 saturated heterocycles. The number of hydrogen-bond donors (Lipinski definition) is 2. The van der Waals surface area contributed by atoms with E-state index >= 15 is 0 Å². The van der Waals surface area contributed by atoms with E-state index in [1.165, 1.54) is 0 Å². The summed E-state index contributed by atoms with van der Waals surface area (Å²) in [6.07, 6.45) is 5.00. The molecule has 3 heterocycles. The predicted octanol–water partition coefficient (Wildman–Crippen LogP) is 1.54. The summed E-state index contributed by atoms with van der Waals surface area (Å²) in [5, 5.41) is 10.8. The summed E-state index contributed by atoms with van der Waals surface area (Å²) >= 11 is 0. The number of hydrogen-bond acceptors (Lipinski definition) is 4. The summed E-state index contributed by atoms with van der Waals surface area (Å²) in [6.45, 7) is 4.89. The second kappa shape index (κ2) is 5.11. The van der Waals surface area contributed by atoms with Crippen LogP contribution >= 0.6 is 0 Å². The Morgan fingerprint density at radius 3 is 3.05 bits per heavy atom. The number of carbonyl (C=O) groups excluding carboxylic acids is 1. The third-order valence-corrected chi connectivity index (χ3v) is 3.61. The monoisotopic (exact) mass is 273 g/mol. The fourth-order valence-electron chi connectivity index (χ4n) is 2.38. The van der Waals surface area contributed by atoms with Gasteiger partial charge in [-0.1, -0.05) is 13.8 Å². The van der Waals surface area contributed by atoms with E-state index in [2.05, 4.69) is 40.6 Å². The van der Waals surface area contributed by atoms with Crippen LogP contribution in [0.2, 0.25) is 0 Å². The molecule has 0 aliphatic carbocycles. The van der Waals surface area contributed by atoms with Crippen molar-refractivity contribution >= 4 is 17.2 Å². The largest absolute Gasteiger partial charge is 0.364 e. The lowest BCUT2D eigenvalue weighted by Crippen LogP contribution is -2.42. The highest BCUT2D eigenvalue weighted by Crippen LogP contribution is 2.21. The van der Waals surface area contributed by atoms with E-state index < -0.39 is 0 Å². The van der Waals surface area contributed by atoms with E-state index in [1.54, 1.807) is 6.20 Å². The van der Waals surface area contributed by atoms with Crippen LogP contribution in [-0.2, 0) is 4.79 Å². The average Bonchev–Trinajstić information content (AvgIpc) is 2.87. The van der Waals surface area contributed by atoms with Crippen LogP contribution in [0.25, 0.3) is 5.52 Å². The Morgan fingerprint density at radius 2 is 2.35 bits per heavy atom. The number of aromatic nitrogens is 3. The van der Waals surface area contributed by atoms with Crippen molar-refractivity contribution in [2.75, 3.05) is 11.9 Å². The van der Waals surface area contributed by atoms with Crippen LogP contribution in [0.4, 0.5) is 5.82 Å². The zero-order valence-electron chi connectivity index (χ0n) is 11.8. The number of nitrogens with zero attached hydrogens (tertiary/aromatic N) is 3. The van der Waals surface area contributed by atoms with Crippen LogP contribution in [0.3, 0.4) is 0 Å². The minimum atomic E-state index is 0.126. The van der Waals surface area contributed by atoms with Crippen molar-refractivity contribution < 1.29 is 4.79 Å². The second-order valence-electron chi connectivity index (χ2n) is 5.51. The molecule has 6 heteroatoms. The molecule has 1 aliphatic heterocycles. The average molecular weight is 273 g/mol.